The molecule has 2 rings (SSSR count). The van der Waals surface area contributed by atoms with Crippen LogP contribution in [0.1, 0.15) is 15.9 Å². The van der Waals surface area contributed by atoms with E-state index >= 15 is 0 Å². The Bertz CT molecular complexity index is 671. The third-order valence-electron chi connectivity index (χ3n) is 2.80. The van der Waals surface area contributed by atoms with Gasteiger partial charge in [-0.15, -0.1) is 0 Å². The van der Waals surface area contributed by atoms with Gasteiger partial charge in [0.2, 0.25) is 5.82 Å². The molecule has 0 bridgehead atoms. The minimum atomic E-state index is -1.15. The van der Waals surface area contributed by atoms with Gasteiger partial charge in [-0.25, -0.2) is 9.18 Å². The zero-order valence-electron chi connectivity index (χ0n) is 11.1. The van der Waals surface area contributed by atoms with Crippen molar-refractivity contribution in [2.75, 3.05) is 7.11 Å². The highest BCUT2D eigenvalue weighted by Crippen LogP contribution is 2.23. The second-order valence-electron chi connectivity index (χ2n) is 4.18. The lowest BCUT2D eigenvalue weighted by atomic mass is 10.1. The number of hydrogen-bond donors (Lipinski definition) is 1. The van der Waals surface area contributed by atoms with Crippen LogP contribution in [0.3, 0.4) is 0 Å². The average Bonchev–Trinajstić information content (AvgIpc) is 2.48. The fourth-order valence-corrected chi connectivity index (χ4v) is 1.77. The second kappa shape index (κ2) is 6.21. The molecule has 2 aromatic rings. The highest BCUT2D eigenvalue weighted by Gasteiger charge is 2.13. The van der Waals surface area contributed by atoms with Crippen LogP contribution in [0.2, 0.25) is 0 Å². The Morgan fingerprint density at radius 2 is 1.95 bits per heavy atom. The van der Waals surface area contributed by atoms with E-state index in [0.717, 1.165) is 6.07 Å². The van der Waals surface area contributed by atoms with Crippen molar-refractivity contribution in [3.8, 4) is 11.5 Å². The summed E-state index contributed by atoms with van der Waals surface area (Å²) in [6, 6.07) is 8.02. The van der Waals surface area contributed by atoms with Gasteiger partial charge < -0.3 is 14.6 Å². The van der Waals surface area contributed by atoms with Gasteiger partial charge in [-0.2, -0.15) is 4.39 Å². The van der Waals surface area contributed by atoms with Gasteiger partial charge in [0.15, 0.2) is 11.6 Å². The maximum absolute atomic E-state index is 13.4. The lowest BCUT2D eigenvalue weighted by Crippen LogP contribution is -2.04. The van der Waals surface area contributed by atoms with E-state index in [2.05, 4.69) is 0 Å². The van der Waals surface area contributed by atoms with Gasteiger partial charge >= 0.3 is 5.97 Å². The summed E-state index contributed by atoms with van der Waals surface area (Å²) in [6.45, 7) is -0.0926. The Morgan fingerprint density at radius 1 is 1.19 bits per heavy atom. The molecule has 0 aliphatic heterocycles. The predicted molar refractivity (Wildman–Crippen MR) is 70.6 cm³/mol. The van der Waals surface area contributed by atoms with Crippen LogP contribution >= 0.6 is 0 Å². The highest BCUT2D eigenvalue weighted by molar-refractivity contribution is 5.91. The number of carbonyl (C=O) groups is 1. The molecule has 0 aliphatic rings. The van der Waals surface area contributed by atoms with Crippen molar-refractivity contribution in [1.29, 1.82) is 0 Å². The van der Waals surface area contributed by atoms with Gasteiger partial charge in [0.1, 0.15) is 17.9 Å². The number of halogens is 2. The van der Waals surface area contributed by atoms with E-state index in [1.807, 2.05) is 0 Å². The van der Waals surface area contributed by atoms with Crippen molar-refractivity contribution in [1.82, 2.24) is 0 Å². The first-order chi connectivity index (χ1) is 10.0. The second-order valence-corrected chi connectivity index (χ2v) is 4.18. The Balaban J connectivity index is 2.19. The van der Waals surface area contributed by atoms with E-state index in [4.69, 9.17) is 14.6 Å². The topological polar surface area (TPSA) is 55.8 Å². The van der Waals surface area contributed by atoms with Gasteiger partial charge in [0.25, 0.3) is 0 Å². The maximum Gasteiger partial charge on any atom is 0.339 e. The molecule has 21 heavy (non-hydrogen) atoms. The Labute approximate surface area is 119 Å². The third kappa shape index (κ3) is 3.28. The van der Waals surface area contributed by atoms with Crippen molar-refractivity contribution >= 4 is 5.97 Å². The lowest BCUT2D eigenvalue weighted by molar-refractivity contribution is 0.0693. The number of methoxy groups -OCH3 is 1. The zero-order valence-corrected chi connectivity index (χ0v) is 11.1. The number of carboxylic acids is 1. The van der Waals surface area contributed by atoms with Crippen LogP contribution in [-0.2, 0) is 6.61 Å². The van der Waals surface area contributed by atoms with Gasteiger partial charge in [0.05, 0.1) is 7.11 Å². The van der Waals surface area contributed by atoms with Crippen molar-refractivity contribution in [3.05, 3.63) is 59.2 Å². The average molecular weight is 294 g/mol. The van der Waals surface area contributed by atoms with Crippen LogP contribution in [0.5, 0.6) is 11.5 Å². The van der Waals surface area contributed by atoms with E-state index in [1.165, 1.54) is 31.4 Å². The first-order valence-corrected chi connectivity index (χ1v) is 6.00. The number of aromatic carboxylic acids is 1. The molecular formula is C15H12F2O4. The van der Waals surface area contributed by atoms with Gasteiger partial charge in [-0.1, -0.05) is 12.1 Å². The van der Waals surface area contributed by atoms with Crippen LogP contribution in [-0.4, -0.2) is 18.2 Å². The molecule has 0 atom stereocenters. The summed E-state index contributed by atoms with van der Waals surface area (Å²) >= 11 is 0. The van der Waals surface area contributed by atoms with Crippen LogP contribution in [0, 0.1) is 11.6 Å². The van der Waals surface area contributed by atoms with Crippen molar-refractivity contribution in [3.63, 3.8) is 0 Å². The van der Waals surface area contributed by atoms with Gasteiger partial charge in [-0.3, -0.25) is 0 Å². The molecule has 4 nitrogen and oxygen atoms in total. The Morgan fingerprint density at radius 3 is 2.62 bits per heavy atom. The monoisotopic (exact) mass is 294 g/mol. The maximum atomic E-state index is 13.4. The van der Waals surface area contributed by atoms with Crippen LogP contribution in [0.4, 0.5) is 8.78 Å². The number of ether oxygens (including phenoxy) is 2. The summed E-state index contributed by atoms with van der Waals surface area (Å²) < 4.78 is 36.5. The minimum Gasteiger partial charge on any atom is -0.496 e. The lowest BCUT2D eigenvalue weighted by Gasteiger charge is -2.10. The summed E-state index contributed by atoms with van der Waals surface area (Å²) in [4.78, 5) is 11.1. The zero-order chi connectivity index (χ0) is 15.4. The molecule has 2 aromatic carbocycles. The standard InChI is InChI=1S/C15H12F2O4/c1-20-12-6-5-9(7-10(12)15(18)19)8-21-13-4-2-3-11(16)14(13)17/h2-7H,8H2,1H3,(H,18,19). The predicted octanol–water partition coefficient (Wildman–Crippen LogP) is 3.25. The van der Waals surface area contributed by atoms with E-state index in [-0.39, 0.29) is 23.7 Å². The Hall–Kier alpha value is -2.63. The largest absolute Gasteiger partial charge is 0.496 e. The summed E-state index contributed by atoms with van der Waals surface area (Å²) in [7, 11) is 1.36. The molecular weight excluding hydrogens is 282 g/mol. The molecule has 0 unspecified atom stereocenters. The van der Waals surface area contributed by atoms with Crippen LogP contribution in [0.25, 0.3) is 0 Å². The molecule has 0 amide bonds. The van der Waals surface area contributed by atoms with Gasteiger partial charge in [-0.05, 0) is 29.8 Å². The van der Waals surface area contributed by atoms with Gasteiger partial charge in [0, 0.05) is 0 Å². The van der Waals surface area contributed by atoms with Crippen LogP contribution < -0.4 is 9.47 Å². The van der Waals surface area contributed by atoms with E-state index in [9.17, 15) is 13.6 Å². The highest BCUT2D eigenvalue weighted by atomic mass is 19.2. The molecule has 1 N–H and O–H groups in total. The molecule has 0 aliphatic carbocycles. The SMILES string of the molecule is COc1ccc(COc2cccc(F)c2F)cc1C(=O)O. The summed E-state index contributed by atoms with van der Waals surface area (Å²) in [5, 5.41) is 9.06. The van der Waals surface area contributed by atoms with Crippen molar-refractivity contribution < 1.29 is 28.2 Å². The Kier molecular flexibility index (Phi) is 4.37. The summed E-state index contributed by atoms with van der Waals surface area (Å²) in [5.41, 5.74) is 0.468. The minimum absolute atomic E-state index is 0.0293. The molecule has 110 valence electrons. The van der Waals surface area contributed by atoms with Crippen molar-refractivity contribution in [2.45, 2.75) is 6.61 Å². The van der Waals surface area contributed by atoms with E-state index < -0.39 is 17.6 Å². The normalized spacial score (nSPS) is 10.2. The summed E-state index contributed by atoms with van der Waals surface area (Å²) in [6.07, 6.45) is 0. The number of benzene rings is 2. The number of carboxylic acid groups (broad SMARTS) is 1. The fraction of sp³-hybridized carbons (Fsp3) is 0.133. The fourth-order valence-electron chi connectivity index (χ4n) is 1.77. The molecule has 0 heterocycles. The van der Waals surface area contributed by atoms with Crippen molar-refractivity contribution in [2.24, 2.45) is 0 Å². The molecule has 0 saturated heterocycles. The smallest absolute Gasteiger partial charge is 0.339 e. The first-order valence-electron chi connectivity index (χ1n) is 6.00. The van der Waals surface area contributed by atoms with E-state index in [1.54, 1.807) is 6.07 Å². The quantitative estimate of drug-likeness (QED) is 0.919. The third-order valence-corrected chi connectivity index (χ3v) is 2.80. The molecule has 0 fully saturated rings. The molecule has 0 radical (unpaired) electrons. The molecule has 0 saturated carbocycles. The molecule has 6 heteroatoms. The molecule has 0 aromatic heterocycles. The molecule has 0 spiro atoms. The summed E-state index contributed by atoms with van der Waals surface area (Å²) in [5.74, 6) is -3.26. The number of rotatable bonds is 5. The first kappa shape index (κ1) is 14.8. The number of hydrogen-bond acceptors (Lipinski definition) is 3. The van der Waals surface area contributed by atoms with Crippen LogP contribution in [0.15, 0.2) is 36.4 Å². The van der Waals surface area contributed by atoms with E-state index in [0.29, 0.717) is 5.56 Å².